The van der Waals surface area contributed by atoms with Crippen LogP contribution in [0.1, 0.15) is 24.2 Å². The first-order valence-electron chi connectivity index (χ1n) is 5.94. The Labute approximate surface area is 99.9 Å². The molecule has 3 rings (SSSR count). The molecule has 2 aromatic heterocycles. The summed E-state index contributed by atoms with van der Waals surface area (Å²) in [6, 6.07) is 1.94. The largest absolute Gasteiger partial charge is 0.373 e. The van der Waals surface area contributed by atoms with E-state index in [9.17, 15) is 0 Å². The lowest BCUT2D eigenvalue weighted by Gasteiger charge is -2.13. The molecule has 1 aliphatic carbocycles. The summed E-state index contributed by atoms with van der Waals surface area (Å²) in [6.07, 6.45) is 8.12. The van der Waals surface area contributed by atoms with E-state index < -0.39 is 0 Å². The molecule has 88 valence electrons. The van der Waals surface area contributed by atoms with Crippen molar-refractivity contribution in [3.8, 4) is 5.82 Å². The smallest absolute Gasteiger partial charge is 0.143 e. The molecule has 0 fully saturated rings. The molecular formula is C12H15N5. The van der Waals surface area contributed by atoms with E-state index in [1.54, 1.807) is 6.33 Å². The molecule has 0 atom stereocenters. The van der Waals surface area contributed by atoms with E-state index in [2.05, 4.69) is 24.8 Å². The second-order valence-corrected chi connectivity index (χ2v) is 4.23. The molecule has 0 aliphatic heterocycles. The van der Waals surface area contributed by atoms with Gasteiger partial charge in [-0.3, -0.25) is 4.57 Å². The summed E-state index contributed by atoms with van der Waals surface area (Å²) in [5, 5.41) is 3.02. The lowest BCUT2D eigenvalue weighted by molar-refractivity contribution is 0.654. The number of fused-ring (bicyclic) bond motifs is 1. The third-order valence-electron chi connectivity index (χ3n) is 3.19. The normalized spacial score (nSPS) is 14.4. The summed E-state index contributed by atoms with van der Waals surface area (Å²) in [5.41, 5.74) is 2.53. The summed E-state index contributed by atoms with van der Waals surface area (Å²) >= 11 is 0. The van der Waals surface area contributed by atoms with Crippen LogP contribution >= 0.6 is 0 Å². The number of nitrogens with zero attached hydrogens (tertiary/aromatic N) is 4. The maximum atomic E-state index is 4.47. The van der Waals surface area contributed by atoms with E-state index >= 15 is 0 Å². The summed E-state index contributed by atoms with van der Waals surface area (Å²) in [5.74, 6) is 1.72. The van der Waals surface area contributed by atoms with Crippen molar-refractivity contribution in [1.29, 1.82) is 0 Å². The molecule has 0 amide bonds. The second kappa shape index (κ2) is 4.16. The fourth-order valence-electron chi connectivity index (χ4n) is 2.28. The van der Waals surface area contributed by atoms with Gasteiger partial charge in [0.15, 0.2) is 0 Å². The Morgan fingerprint density at radius 2 is 2.06 bits per heavy atom. The molecule has 1 aliphatic rings. The van der Waals surface area contributed by atoms with Crippen LogP contribution < -0.4 is 5.32 Å². The summed E-state index contributed by atoms with van der Waals surface area (Å²) < 4.78 is 2.08. The third-order valence-corrected chi connectivity index (χ3v) is 3.19. The quantitative estimate of drug-likeness (QED) is 0.849. The van der Waals surface area contributed by atoms with Crippen molar-refractivity contribution in [2.75, 3.05) is 12.4 Å². The maximum Gasteiger partial charge on any atom is 0.143 e. The number of nitrogens with one attached hydrogen (secondary N) is 1. The lowest BCUT2D eigenvalue weighted by Crippen LogP contribution is -2.08. The Bertz CT molecular complexity index is 531. The molecule has 0 saturated carbocycles. The van der Waals surface area contributed by atoms with Crippen LogP contribution in [0, 0.1) is 0 Å². The monoisotopic (exact) mass is 229 g/mol. The number of imidazole rings is 1. The highest BCUT2D eigenvalue weighted by molar-refractivity contribution is 5.41. The first-order chi connectivity index (χ1) is 8.38. The summed E-state index contributed by atoms with van der Waals surface area (Å²) in [4.78, 5) is 12.9. The van der Waals surface area contributed by atoms with Crippen molar-refractivity contribution in [3.05, 3.63) is 30.1 Å². The number of hydrogen-bond donors (Lipinski definition) is 1. The minimum Gasteiger partial charge on any atom is -0.373 e. The zero-order chi connectivity index (χ0) is 11.7. The molecule has 0 saturated heterocycles. The van der Waals surface area contributed by atoms with E-state index in [1.165, 1.54) is 24.2 Å². The van der Waals surface area contributed by atoms with Crippen LogP contribution in [0.25, 0.3) is 5.82 Å². The zero-order valence-electron chi connectivity index (χ0n) is 9.85. The van der Waals surface area contributed by atoms with E-state index in [4.69, 9.17) is 0 Å². The number of anilines is 1. The fraction of sp³-hybridized carbons (Fsp3) is 0.417. The zero-order valence-corrected chi connectivity index (χ0v) is 9.85. The first kappa shape index (κ1) is 10.3. The molecule has 2 aromatic rings. The van der Waals surface area contributed by atoms with Crippen molar-refractivity contribution in [2.45, 2.75) is 25.7 Å². The Balaban J connectivity index is 2.05. The number of aryl methyl sites for hydroxylation is 1. The van der Waals surface area contributed by atoms with Crippen molar-refractivity contribution in [2.24, 2.45) is 0 Å². The number of rotatable bonds is 2. The average molecular weight is 229 g/mol. The van der Waals surface area contributed by atoms with Crippen LogP contribution in [-0.4, -0.2) is 26.6 Å². The van der Waals surface area contributed by atoms with Crippen LogP contribution in [0.4, 0.5) is 5.82 Å². The van der Waals surface area contributed by atoms with E-state index in [0.717, 1.165) is 24.5 Å². The first-order valence-corrected chi connectivity index (χ1v) is 5.94. The molecule has 0 unspecified atom stereocenters. The molecule has 0 aromatic carbocycles. The van der Waals surface area contributed by atoms with Gasteiger partial charge in [0.25, 0.3) is 0 Å². The highest BCUT2D eigenvalue weighted by atomic mass is 15.1. The molecule has 0 spiro atoms. The van der Waals surface area contributed by atoms with Gasteiger partial charge in [-0.2, -0.15) is 0 Å². The minimum absolute atomic E-state index is 0.827. The van der Waals surface area contributed by atoms with E-state index in [1.807, 2.05) is 19.4 Å². The van der Waals surface area contributed by atoms with Gasteiger partial charge in [-0.1, -0.05) is 0 Å². The van der Waals surface area contributed by atoms with Gasteiger partial charge >= 0.3 is 0 Å². The Hall–Kier alpha value is -1.91. The lowest BCUT2D eigenvalue weighted by atomic mass is 10.0. The molecule has 0 bridgehead atoms. The second-order valence-electron chi connectivity index (χ2n) is 4.23. The molecule has 5 heteroatoms. The molecular weight excluding hydrogens is 214 g/mol. The average Bonchev–Trinajstić information content (AvgIpc) is 2.82. The summed E-state index contributed by atoms with van der Waals surface area (Å²) in [6.45, 7) is 0. The molecule has 0 radical (unpaired) electrons. The maximum absolute atomic E-state index is 4.47. The van der Waals surface area contributed by atoms with Gasteiger partial charge in [0.05, 0.1) is 5.69 Å². The van der Waals surface area contributed by atoms with Gasteiger partial charge in [0.1, 0.15) is 24.3 Å². The van der Waals surface area contributed by atoms with Crippen molar-refractivity contribution < 1.29 is 0 Å². The third kappa shape index (κ3) is 1.77. The van der Waals surface area contributed by atoms with Crippen LogP contribution in [0.5, 0.6) is 0 Å². The van der Waals surface area contributed by atoms with Crippen molar-refractivity contribution >= 4 is 5.82 Å². The van der Waals surface area contributed by atoms with Crippen LogP contribution in [0.15, 0.2) is 18.7 Å². The Morgan fingerprint density at radius 1 is 1.18 bits per heavy atom. The van der Waals surface area contributed by atoms with E-state index in [0.29, 0.717) is 0 Å². The van der Waals surface area contributed by atoms with Gasteiger partial charge in [0, 0.05) is 18.8 Å². The molecule has 1 N–H and O–H groups in total. The van der Waals surface area contributed by atoms with Crippen LogP contribution in [-0.2, 0) is 12.8 Å². The van der Waals surface area contributed by atoms with Gasteiger partial charge in [-0.05, 0) is 25.7 Å². The van der Waals surface area contributed by atoms with Gasteiger partial charge in [-0.25, -0.2) is 15.0 Å². The number of hydrogen-bond acceptors (Lipinski definition) is 4. The number of aromatic nitrogens is 4. The van der Waals surface area contributed by atoms with Gasteiger partial charge in [-0.15, -0.1) is 0 Å². The summed E-state index contributed by atoms with van der Waals surface area (Å²) in [7, 11) is 1.86. The standard InChI is InChI=1S/C12H15N5/c1-13-11-6-12(15-7-14-11)17-8-16-9-4-2-3-5-10(9)17/h6-8H,2-5H2,1H3,(H,13,14,15). The predicted octanol–water partition coefficient (Wildman–Crippen LogP) is 1.58. The molecule has 17 heavy (non-hydrogen) atoms. The fourth-order valence-corrected chi connectivity index (χ4v) is 2.28. The van der Waals surface area contributed by atoms with Crippen LogP contribution in [0.2, 0.25) is 0 Å². The predicted molar refractivity (Wildman–Crippen MR) is 65.3 cm³/mol. The topological polar surface area (TPSA) is 55.6 Å². The molecule has 2 heterocycles. The minimum atomic E-state index is 0.827. The highest BCUT2D eigenvalue weighted by Gasteiger charge is 2.16. The highest BCUT2D eigenvalue weighted by Crippen LogP contribution is 2.22. The van der Waals surface area contributed by atoms with Crippen molar-refractivity contribution in [3.63, 3.8) is 0 Å². The Morgan fingerprint density at radius 3 is 2.94 bits per heavy atom. The van der Waals surface area contributed by atoms with E-state index in [-0.39, 0.29) is 0 Å². The SMILES string of the molecule is CNc1cc(-n2cnc3c2CCCC3)ncn1. The molecule has 5 nitrogen and oxygen atoms in total. The Kier molecular flexibility index (Phi) is 2.51. The van der Waals surface area contributed by atoms with Gasteiger partial charge in [0.2, 0.25) is 0 Å². The van der Waals surface area contributed by atoms with Crippen LogP contribution in [0.3, 0.4) is 0 Å². The van der Waals surface area contributed by atoms with Gasteiger partial charge < -0.3 is 5.32 Å². The van der Waals surface area contributed by atoms with Crippen molar-refractivity contribution in [1.82, 2.24) is 19.5 Å².